The number of hydrogen-bond donors (Lipinski definition) is 1. The Bertz CT molecular complexity index is 427. The van der Waals surface area contributed by atoms with E-state index in [9.17, 15) is 5.11 Å². The SMILES string of the molecule is CCSC1OC2COC(c3ccccc3)OC2C[C@@H]1O. The Morgan fingerprint density at radius 3 is 2.75 bits per heavy atom. The van der Waals surface area contributed by atoms with Crippen LogP contribution in [0.1, 0.15) is 25.2 Å². The molecule has 5 atom stereocenters. The average molecular weight is 296 g/mol. The summed E-state index contributed by atoms with van der Waals surface area (Å²) in [5, 5.41) is 10.1. The number of rotatable bonds is 3. The van der Waals surface area contributed by atoms with Crippen LogP contribution >= 0.6 is 11.8 Å². The average Bonchev–Trinajstić information content (AvgIpc) is 2.49. The van der Waals surface area contributed by atoms with Crippen molar-refractivity contribution in [2.45, 2.75) is 43.4 Å². The molecule has 0 radical (unpaired) electrons. The van der Waals surface area contributed by atoms with E-state index in [-0.39, 0.29) is 23.9 Å². The third-order valence-electron chi connectivity index (χ3n) is 3.62. The standard InChI is InChI=1S/C15H20O4S/c1-2-20-15-11(16)8-12-13(19-15)9-17-14(18-12)10-6-4-3-5-7-10/h3-7,11-16H,2,8-9H2,1H3/t11-,12?,13?,14?,15?/m0/s1. The first-order valence-electron chi connectivity index (χ1n) is 7.05. The minimum atomic E-state index is -0.476. The summed E-state index contributed by atoms with van der Waals surface area (Å²) >= 11 is 1.63. The molecule has 0 bridgehead atoms. The van der Waals surface area contributed by atoms with Gasteiger partial charge in [-0.05, 0) is 5.75 Å². The van der Waals surface area contributed by atoms with E-state index >= 15 is 0 Å². The quantitative estimate of drug-likeness (QED) is 0.927. The maximum absolute atomic E-state index is 10.1. The van der Waals surface area contributed by atoms with Crippen LogP contribution in [0, 0.1) is 0 Å². The van der Waals surface area contributed by atoms with Crippen molar-refractivity contribution in [1.82, 2.24) is 0 Å². The van der Waals surface area contributed by atoms with E-state index in [2.05, 4.69) is 6.92 Å². The van der Waals surface area contributed by atoms with E-state index < -0.39 is 6.10 Å². The highest BCUT2D eigenvalue weighted by Crippen LogP contribution is 2.36. The van der Waals surface area contributed by atoms with Crippen LogP contribution < -0.4 is 0 Å². The molecule has 20 heavy (non-hydrogen) atoms. The van der Waals surface area contributed by atoms with Gasteiger partial charge in [0.25, 0.3) is 0 Å². The Kier molecular flexibility index (Phi) is 4.63. The molecule has 3 rings (SSSR count). The summed E-state index contributed by atoms with van der Waals surface area (Å²) in [6, 6.07) is 9.87. The molecule has 1 N–H and O–H groups in total. The Morgan fingerprint density at radius 1 is 1.20 bits per heavy atom. The van der Waals surface area contributed by atoms with Gasteiger partial charge in [0.05, 0.1) is 18.8 Å². The first-order valence-corrected chi connectivity index (χ1v) is 8.10. The van der Waals surface area contributed by atoms with Crippen LogP contribution in [-0.2, 0) is 14.2 Å². The third kappa shape index (κ3) is 3.02. The lowest BCUT2D eigenvalue weighted by Crippen LogP contribution is -2.52. The molecule has 2 heterocycles. The summed E-state index contributed by atoms with van der Waals surface area (Å²) in [4.78, 5) is 0. The highest BCUT2D eigenvalue weighted by atomic mass is 32.2. The minimum absolute atomic E-state index is 0.0811. The second-order valence-electron chi connectivity index (χ2n) is 5.05. The molecule has 1 aromatic carbocycles. The Balaban J connectivity index is 1.65. The topological polar surface area (TPSA) is 47.9 Å². The molecule has 2 saturated heterocycles. The summed E-state index contributed by atoms with van der Waals surface area (Å²) in [7, 11) is 0. The van der Waals surface area contributed by atoms with Crippen molar-refractivity contribution < 1.29 is 19.3 Å². The lowest BCUT2D eigenvalue weighted by molar-refractivity contribution is -0.292. The van der Waals surface area contributed by atoms with E-state index in [0.717, 1.165) is 11.3 Å². The van der Waals surface area contributed by atoms with Gasteiger partial charge in [0.1, 0.15) is 11.5 Å². The number of hydrogen-bond acceptors (Lipinski definition) is 5. The fraction of sp³-hybridized carbons (Fsp3) is 0.600. The fourth-order valence-electron chi connectivity index (χ4n) is 2.62. The van der Waals surface area contributed by atoms with Gasteiger partial charge in [0.15, 0.2) is 6.29 Å². The predicted molar refractivity (Wildman–Crippen MR) is 77.4 cm³/mol. The number of fused-ring (bicyclic) bond motifs is 1. The number of ether oxygens (including phenoxy) is 3. The zero-order valence-electron chi connectivity index (χ0n) is 11.5. The molecule has 110 valence electrons. The van der Waals surface area contributed by atoms with Crippen LogP contribution in [-0.4, -0.2) is 41.2 Å². The summed E-state index contributed by atoms with van der Waals surface area (Å²) in [6.45, 7) is 2.57. The second-order valence-corrected chi connectivity index (χ2v) is 6.43. The van der Waals surface area contributed by atoms with Crippen LogP contribution in [0.25, 0.3) is 0 Å². The molecule has 4 unspecified atom stereocenters. The van der Waals surface area contributed by atoms with Crippen molar-refractivity contribution in [3.05, 3.63) is 35.9 Å². The van der Waals surface area contributed by atoms with Crippen molar-refractivity contribution in [2.75, 3.05) is 12.4 Å². The van der Waals surface area contributed by atoms with Gasteiger partial charge in [-0.3, -0.25) is 0 Å². The van der Waals surface area contributed by atoms with Crippen molar-refractivity contribution in [1.29, 1.82) is 0 Å². The Morgan fingerprint density at radius 2 is 2.00 bits per heavy atom. The number of aliphatic hydroxyl groups is 1. The molecule has 5 heteroatoms. The first-order chi connectivity index (χ1) is 9.78. The van der Waals surface area contributed by atoms with Crippen molar-refractivity contribution in [3.8, 4) is 0 Å². The van der Waals surface area contributed by atoms with Gasteiger partial charge in [0.2, 0.25) is 0 Å². The summed E-state index contributed by atoms with van der Waals surface area (Å²) in [5.74, 6) is 0.924. The molecule has 0 aromatic heterocycles. The summed E-state index contributed by atoms with van der Waals surface area (Å²) in [6.07, 6.45) is -0.408. The van der Waals surface area contributed by atoms with Crippen LogP contribution in [0.15, 0.2) is 30.3 Å². The molecule has 2 aliphatic rings. The zero-order chi connectivity index (χ0) is 13.9. The van der Waals surface area contributed by atoms with E-state index in [4.69, 9.17) is 14.2 Å². The van der Waals surface area contributed by atoms with Gasteiger partial charge >= 0.3 is 0 Å². The van der Waals surface area contributed by atoms with E-state index in [1.165, 1.54) is 0 Å². The zero-order valence-corrected chi connectivity index (χ0v) is 12.3. The van der Waals surface area contributed by atoms with Gasteiger partial charge in [-0.25, -0.2) is 0 Å². The molecule has 0 aliphatic carbocycles. The molecule has 1 aromatic rings. The molecular formula is C15H20O4S. The largest absolute Gasteiger partial charge is 0.389 e. The monoisotopic (exact) mass is 296 g/mol. The second kappa shape index (κ2) is 6.45. The van der Waals surface area contributed by atoms with E-state index in [1.54, 1.807) is 11.8 Å². The van der Waals surface area contributed by atoms with Crippen molar-refractivity contribution in [3.63, 3.8) is 0 Å². The molecule has 2 fully saturated rings. The third-order valence-corrected chi connectivity index (χ3v) is 4.71. The maximum Gasteiger partial charge on any atom is 0.184 e. The lowest BCUT2D eigenvalue weighted by atomic mass is 10.0. The van der Waals surface area contributed by atoms with E-state index in [0.29, 0.717) is 13.0 Å². The van der Waals surface area contributed by atoms with Crippen molar-refractivity contribution >= 4 is 11.8 Å². The highest BCUT2D eigenvalue weighted by Gasteiger charge is 2.42. The van der Waals surface area contributed by atoms with Gasteiger partial charge in [-0.2, -0.15) is 0 Å². The van der Waals surface area contributed by atoms with Crippen LogP contribution in [0.4, 0.5) is 0 Å². The van der Waals surface area contributed by atoms with Crippen molar-refractivity contribution in [2.24, 2.45) is 0 Å². The lowest BCUT2D eigenvalue weighted by Gasteiger charge is -2.43. The number of benzene rings is 1. The molecule has 4 nitrogen and oxygen atoms in total. The normalized spacial score (nSPS) is 37.4. The number of aliphatic hydroxyl groups excluding tert-OH is 1. The summed E-state index contributed by atoms with van der Waals surface area (Å²) < 4.78 is 17.6. The minimum Gasteiger partial charge on any atom is -0.389 e. The van der Waals surface area contributed by atoms with E-state index in [1.807, 2.05) is 30.3 Å². The van der Waals surface area contributed by atoms with Crippen LogP contribution in [0.3, 0.4) is 0 Å². The van der Waals surface area contributed by atoms with Gasteiger partial charge in [0, 0.05) is 12.0 Å². The smallest absolute Gasteiger partial charge is 0.184 e. The van der Waals surface area contributed by atoms with Crippen LogP contribution in [0.2, 0.25) is 0 Å². The fourth-order valence-corrected chi connectivity index (χ4v) is 3.50. The molecule has 0 saturated carbocycles. The molecule has 0 amide bonds. The highest BCUT2D eigenvalue weighted by molar-refractivity contribution is 7.99. The number of thioether (sulfide) groups is 1. The van der Waals surface area contributed by atoms with Gasteiger partial charge in [-0.1, -0.05) is 37.3 Å². The summed E-state index contributed by atoms with van der Waals surface area (Å²) in [5.41, 5.74) is 0.840. The molecule has 0 spiro atoms. The van der Waals surface area contributed by atoms with Gasteiger partial charge < -0.3 is 19.3 Å². The predicted octanol–water partition coefficient (Wildman–Crippen LogP) is 2.33. The maximum atomic E-state index is 10.1. The first kappa shape index (κ1) is 14.4. The Hall–Kier alpha value is -0.590. The van der Waals surface area contributed by atoms with Crippen LogP contribution in [0.5, 0.6) is 0 Å². The molecule has 2 aliphatic heterocycles. The molecular weight excluding hydrogens is 276 g/mol. The Labute approximate surface area is 123 Å². The van der Waals surface area contributed by atoms with Gasteiger partial charge in [-0.15, -0.1) is 11.8 Å².